The van der Waals surface area contributed by atoms with Crippen LogP contribution in [0.2, 0.25) is 0 Å². The minimum Gasteiger partial charge on any atom is -0.361 e. The Bertz CT molecular complexity index is 1310. The summed E-state index contributed by atoms with van der Waals surface area (Å²) in [6, 6.07) is 15.5. The topological polar surface area (TPSA) is 48.1 Å². The minimum atomic E-state index is 0.833. The second kappa shape index (κ2) is 10.8. The van der Waals surface area contributed by atoms with E-state index in [4.69, 9.17) is 9.97 Å². The summed E-state index contributed by atoms with van der Waals surface area (Å²) in [5.74, 6) is 2.03. The molecule has 5 nitrogen and oxygen atoms in total. The molecule has 1 aliphatic rings. The molecule has 5 rings (SSSR count). The average Bonchev–Trinajstić information content (AvgIpc) is 3.37. The number of benzene rings is 2. The van der Waals surface area contributed by atoms with Crippen molar-refractivity contribution in [3.05, 3.63) is 76.6 Å². The molecule has 1 saturated heterocycles. The van der Waals surface area contributed by atoms with Gasteiger partial charge in [0.25, 0.3) is 0 Å². The summed E-state index contributed by atoms with van der Waals surface area (Å²) in [7, 11) is 2.20. The molecule has 188 valence electrons. The quantitative estimate of drug-likeness (QED) is 0.305. The maximum absolute atomic E-state index is 5.32. The Hall–Kier alpha value is -3.18. The number of hydrogen-bond donors (Lipinski definition) is 1. The summed E-state index contributed by atoms with van der Waals surface area (Å²) >= 11 is 0. The van der Waals surface area contributed by atoms with Gasteiger partial charge in [0.2, 0.25) is 0 Å². The number of piperidine rings is 1. The van der Waals surface area contributed by atoms with E-state index < -0.39 is 0 Å². The van der Waals surface area contributed by atoms with E-state index in [0.717, 1.165) is 56.4 Å². The number of rotatable bonds is 8. The Morgan fingerprint density at radius 2 is 1.67 bits per heavy atom. The van der Waals surface area contributed by atoms with Gasteiger partial charge in [-0.3, -0.25) is 4.90 Å². The zero-order valence-corrected chi connectivity index (χ0v) is 22.3. The van der Waals surface area contributed by atoms with Crippen LogP contribution in [0.1, 0.15) is 61.1 Å². The number of aryl methyl sites for hydroxylation is 3. The number of nitrogens with one attached hydrogen (secondary N) is 1. The number of fused-ring (bicyclic) bond motifs is 1. The first-order valence-electron chi connectivity index (χ1n) is 13.6. The molecule has 1 fully saturated rings. The number of hydrogen-bond acceptors (Lipinski definition) is 4. The van der Waals surface area contributed by atoms with Crippen molar-refractivity contribution in [2.45, 2.75) is 66.0 Å². The Morgan fingerprint density at radius 1 is 0.917 bits per heavy atom. The van der Waals surface area contributed by atoms with E-state index in [0.29, 0.717) is 0 Å². The lowest BCUT2D eigenvalue weighted by atomic mass is 9.96. The largest absolute Gasteiger partial charge is 0.361 e. The van der Waals surface area contributed by atoms with Gasteiger partial charge >= 0.3 is 0 Å². The molecule has 2 aromatic carbocycles. The maximum atomic E-state index is 5.32. The lowest BCUT2D eigenvalue weighted by molar-refractivity contribution is 0.317. The van der Waals surface area contributed by atoms with Crippen LogP contribution in [0, 0.1) is 6.92 Å². The molecule has 0 radical (unpaired) electrons. The molecule has 4 aromatic rings. The summed E-state index contributed by atoms with van der Waals surface area (Å²) in [6.07, 6.45) is 7.75. The zero-order valence-electron chi connectivity index (χ0n) is 22.3. The molecule has 0 aliphatic carbocycles. The highest BCUT2D eigenvalue weighted by Crippen LogP contribution is 2.32. The van der Waals surface area contributed by atoms with Crippen molar-refractivity contribution in [1.29, 1.82) is 0 Å². The summed E-state index contributed by atoms with van der Waals surface area (Å²) in [6.45, 7) is 10.5. The van der Waals surface area contributed by atoms with Crippen LogP contribution in [0.5, 0.6) is 0 Å². The van der Waals surface area contributed by atoms with Crippen LogP contribution >= 0.6 is 0 Å². The first kappa shape index (κ1) is 24.5. The first-order chi connectivity index (χ1) is 17.6. The van der Waals surface area contributed by atoms with E-state index in [1.54, 1.807) is 0 Å². The third kappa shape index (κ3) is 5.03. The molecule has 2 aromatic heterocycles. The van der Waals surface area contributed by atoms with Crippen LogP contribution in [-0.2, 0) is 25.9 Å². The SMILES string of the molecule is CCc1cccc(CC)c1-c1nc(C)c(CN(C)Cc2ccc3[nH]ccc3c2)c(N2CCCCC2)n1. The Balaban J connectivity index is 1.50. The van der Waals surface area contributed by atoms with Crippen molar-refractivity contribution in [2.24, 2.45) is 0 Å². The molecule has 0 atom stereocenters. The standard InChI is InChI=1S/C31H39N5/c1-5-24-11-10-12-25(6-2)29(24)30-33-22(3)27(31(34-30)36-17-8-7-9-18-36)21-35(4)20-23-13-14-28-26(19-23)15-16-32-28/h10-16,19,32H,5-9,17-18,20-21H2,1-4H3. The van der Waals surface area contributed by atoms with E-state index in [1.807, 2.05) is 6.20 Å². The zero-order chi connectivity index (χ0) is 25.1. The predicted molar refractivity (Wildman–Crippen MR) is 150 cm³/mol. The predicted octanol–water partition coefficient (Wildman–Crippen LogP) is 6.68. The Morgan fingerprint density at radius 3 is 2.39 bits per heavy atom. The highest BCUT2D eigenvalue weighted by atomic mass is 15.2. The molecule has 5 heteroatoms. The van der Waals surface area contributed by atoms with Crippen LogP contribution in [0.25, 0.3) is 22.3 Å². The van der Waals surface area contributed by atoms with Gasteiger partial charge in [-0.1, -0.05) is 38.1 Å². The highest BCUT2D eigenvalue weighted by molar-refractivity contribution is 5.79. The number of nitrogens with zero attached hydrogens (tertiary/aromatic N) is 4. The molecular formula is C31H39N5. The summed E-state index contributed by atoms with van der Waals surface area (Å²) in [5, 5.41) is 1.26. The lowest BCUT2D eigenvalue weighted by Gasteiger charge is -2.31. The van der Waals surface area contributed by atoms with Gasteiger partial charge < -0.3 is 9.88 Å². The fraction of sp³-hybridized carbons (Fsp3) is 0.419. The van der Waals surface area contributed by atoms with E-state index >= 15 is 0 Å². The van der Waals surface area contributed by atoms with Gasteiger partial charge in [-0.25, -0.2) is 9.97 Å². The third-order valence-corrected chi connectivity index (χ3v) is 7.57. The Kier molecular flexibility index (Phi) is 7.38. The summed E-state index contributed by atoms with van der Waals surface area (Å²) in [4.78, 5) is 18.7. The van der Waals surface area contributed by atoms with Crippen molar-refractivity contribution < 1.29 is 0 Å². The molecule has 0 unspecified atom stereocenters. The van der Waals surface area contributed by atoms with Gasteiger partial charge in [0.05, 0.1) is 0 Å². The van der Waals surface area contributed by atoms with Gasteiger partial charge in [-0.2, -0.15) is 0 Å². The van der Waals surface area contributed by atoms with Gasteiger partial charge in [0.1, 0.15) is 5.82 Å². The lowest BCUT2D eigenvalue weighted by Crippen LogP contribution is -2.32. The molecular weight excluding hydrogens is 442 g/mol. The van der Waals surface area contributed by atoms with Crippen molar-refractivity contribution in [3.8, 4) is 11.4 Å². The minimum absolute atomic E-state index is 0.833. The normalized spacial score (nSPS) is 14.2. The second-order valence-electron chi connectivity index (χ2n) is 10.2. The molecule has 1 N–H and O–H groups in total. The van der Waals surface area contributed by atoms with Gasteiger partial charge in [0, 0.05) is 54.7 Å². The van der Waals surface area contributed by atoms with Gasteiger partial charge in [-0.15, -0.1) is 0 Å². The maximum Gasteiger partial charge on any atom is 0.162 e. The first-order valence-corrected chi connectivity index (χ1v) is 13.6. The number of H-pyrrole nitrogens is 1. The third-order valence-electron chi connectivity index (χ3n) is 7.57. The van der Waals surface area contributed by atoms with Crippen molar-refractivity contribution >= 4 is 16.7 Å². The van der Waals surface area contributed by atoms with Crippen molar-refractivity contribution in [2.75, 3.05) is 25.0 Å². The van der Waals surface area contributed by atoms with Crippen LogP contribution in [0.15, 0.2) is 48.7 Å². The van der Waals surface area contributed by atoms with Crippen LogP contribution in [0.3, 0.4) is 0 Å². The van der Waals surface area contributed by atoms with Crippen molar-refractivity contribution in [1.82, 2.24) is 19.9 Å². The smallest absolute Gasteiger partial charge is 0.162 e. The van der Waals surface area contributed by atoms with Gasteiger partial charge in [0.15, 0.2) is 5.82 Å². The monoisotopic (exact) mass is 481 g/mol. The van der Waals surface area contributed by atoms with Crippen LogP contribution in [0.4, 0.5) is 5.82 Å². The molecule has 0 saturated carbocycles. The summed E-state index contributed by atoms with van der Waals surface area (Å²) < 4.78 is 0. The molecule has 0 spiro atoms. The van der Waals surface area contributed by atoms with E-state index in [-0.39, 0.29) is 0 Å². The van der Waals surface area contributed by atoms with Crippen molar-refractivity contribution in [3.63, 3.8) is 0 Å². The van der Waals surface area contributed by atoms with E-state index in [1.165, 1.54) is 58.0 Å². The van der Waals surface area contributed by atoms with Crippen LogP contribution < -0.4 is 4.90 Å². The fourth-order valence-corrected chi connectivity index (χ4v) is 5.61. The van der Waals surface area contributed by atoms with Crippen LogP contribution in [-0.4, -0.2) is 40.0 Å². The molecule has 36 heavy (non-hydrogen) atoms. The molecule has 1 aliphatic heterocycles. The Labute approximate surface area is 215 Å². The fourth-order valence-electron chi connectivity index (χ4n) is 5.61. The highest BCUT2D eigenvalue weighted by Gasteiger charge is 2.23. The second-order valence-corrected chi connectivity index (χ2v) is 10.2. The number of aromatic amines is 1. The van der Waals surface area contributed by atoms with Gasteiger partial charge in [-0.05, 0) is 86.4 Å². The van der Waals surface area contributed by atoms with E-state index in [2.05, 4.69) is 85.1 Å². The number of aromatic nitrogens is 3. The van der Waals surface area contributed by atoms with E-state index in [9.17, 15) is 0 Å². The molecule has 0 amide bonds. The summed E-state index contributed by atoms with van der Waals surface area (Å²) in [5.41, 5.74) is 8.78. The number of anilines is 1. The average molecular weight is 482 g/mol. The molecule has 3 heterocycles. The molecule has 0 bridgehead atoms.